The molecule has 1 aromatic carbocycles. The summed E-state index contributed by atoms with van der Waals surface area (Å²) >= 11 is 0. The zero-order valence-electron chi connectivity index (χ0n) is 14.2. The fourth-order valence-electron chi connectivity index (χ4n) is 3.57. The van der Waals surface area contributed by atoms with Crippen molar-refractivity contribution in [3.05, 3.63) is 22.8 Å². The SMILES string of the molecule is CCCC[SH](CC)c1cc2c(c(C(C)C)c1O)CCCC2. The maximum absolute atomic E-state index is 10.9. The Morgan fingerprint density at radius 3 is 2.52 bits per heavy atom. The van der Waals surface area contributed by atoms with E-state index in [-0.39, 0.29) is 10.9 Å². The molecule has 1 N–H and O–H groups in total. The highest BCUT2D eigenvalue weighted by Crippen LogP contribution is 2.48. The molecule has 1 aliphatic carbocycles. The molecule has 0 amide bonds. The summed E-state index contributed by atoms with van der Waals surface area (Å²) in [6.45, 7) is 9.01. The number of hydrogen-bond donors (Lipinski definition) is 2. The minimum Gasteiger partial charge on any atom is -0.507 e. The lowest BCUT2D eigenvalue weighted by molar-refractivity contribution is 0.447. The average molecular weight is 309 g/mol. The molecule has 1 atom stereocenters. The second-order valence-corrected chi connectivity index (χ2v) is 9.23. The molecule has 0 bridgehead atoms. The third-order valence-corrected chi connectivity index (χ3v) is 7.37. The maximum atomic E-state index is 10.9. The van der Waals surface area contributed by atoms with Gasteiger partial charge in [0.1, 0.15) is 5.75 Å². The standard InChI is InChI=1S/C19H32OS/c1-5-7-12-21(6-2)17-13-15-10-8-9-11-16(15)18(14(3)4)19(17)20/h13-14,20-21H,5-12H2,1-4H3. The van der Waals surface area contributed by atoms with Crippen molar-refractivity contribution >= 4 is 10.9 Å². The minimum atomic E-state index is -0.186. The van der Waals surface area contributed by atoms with Crippen molar-refractivity contribution in [1.82, 2.24) is 0 Å². The quantitative estimate of drug-likeness (QED) is 0.658. The average Bonchev–Trinajstić information content (AvgIpc) is 2.47. The number of thiol groups is 1. The van der Waals surface area contributed by atoms with Crippen LogP contribution in [-0.4, -0.2) is 16.6 Å². The van der Waals surface area contributed by atoms with Gasteiger partial charge in [0, 0.05) is 10.5 Å². The van der Waals surface area contributed by atoms with E-state index >= 15 is 0 Å². The normalized spacial score (nSPS) is 16.9. The van der Waals surface area contributed by atoms with Crippen LogP contribution in [0, 0.1) is 0 Å². The second-order valence-electron chi connectivity index (χ2n) is 6.59. The summed E-state index contributed by atoms with van der Waals surface area (Å²) in [5.74, 6) is 3.54. The fraction of sp³-hybridized carbons (Fsp3) is 0.684. The lowest BCUT2D eigenvalue weighted by Crippen LogP contribution is -2.10. The number of fused-ring (bicyclic) bond motifs is 1. The largest absolute Gasteiger partial charge is 0.507 e. The Kier molecular flexibility index (Phi) is 6.04. The first-order valence-corrected chi connectivity index (χ1v) is 10.4. The smallest absolute Gasteiger partial charge is 0.131 e. The van der Waals surface area contributed by atoms with E-state index in [4.69, 9.17) is 0 Å². The highest BCUT2D eigenvalue weighted by molar-refractivity contribution is 8.17. The van der Waals surface area contributed by atoms with E-state index < -0.39 is 0 Å². The number of rotatable bonds is 6. The molecule has 0 saturated carbocycles. The number of phenols is 1. The minimum absolute atomic E-state index is 0.186. The molecule has 1 aliphatic rings. The lowest BCUT2D eigenvalue weighted by Gasteiger charge is -2.29. The Balaban J connectivity index is 2.48. The number of benzene rings is 1. The van der Waals surface area contributed by atoms with Crippen LogP contribution < -0.4 is 0 Å². The van der Waals surface area contributed by atoms with Crippen molar-refractivity contribution in [3.8, 4) is 5.75 Å². The monoisotopic (exact) mass is 308 g/mol. The van der Waals surface area contributed by atoms with Crippen molar-refractivity contribution in [1.29, 1.82) is 0 Å². The zero-order chi connectivity index (χ0) is 15.4. The van der Waals surface area contributed by atoms with Crippen molar-refractivity contribution in [2.75, 3.05) is 11.5 Å². The Labute approximate surface area is 133 Å². The van der Waals surface area contributed by atoms with Crippen LogP contribution in [0.3, 0.4) is 0 Å². The summed E-state index contributed by atoms with van der Waals surface area (Å²) < 4.78 is 0. The molecule has 21 heavy (non-hydrogen) atoms. The summed E-state index contributed by atoms with van der Waals surface area (Å²) in [7, 11) is -0.186. The number of aryl methyl sites for hydroxylation is 1. The van der Waals surface area contributed by atoms with Gasteiger partial charge in [-0.25, -0.2) is 10.9 Å². The van der Waals surface area contributed by atoms with Gasteiger partial charge in [-0.15, -0.1) is 0 Å². The molecular formula is C19H32OS. The molecule has 0 spiro atoms. The van der Waals surface area contributed by atoms with Gasteiger partial charge in [-0.1, -0.05) is 34.1 Å². The Hall–Kier alpha value is -0.630. The predicted molar refractivity (Wildman–Crippen MR) is 96.4 cm³/mol. The van der Waals surface area contributed by atoms with Gasteiger partial charge in [-0.05, 0) is 66.7 Å². The van der Waals surface area contributed by atoms with E-state index in [0.29, 0.717) is 11.7 Å². The molecule has 1 unspecified atom stereocenters. The molecular weight excluding hydrogens is 276 g/mol. The highest BCUT2D eigenvalue weighted by atomic mass is 32.2. The van der Waals surface area contributed by atoms with Gasteiger partial charge in [0.05, 0.1) is 0 Å². The van der Waals surface area contributed by atoms with Gasteiger partial charge < -0.3 is 5.11 Å². The first kappa shape index (κ1) is 16.7. The number of hydrogen-bond acceptors (Lipinski definition) is 1. The number of phenolic OH excluding ortho intramolecular Hbond substituents is 1. The molecule has 2 rings (SSSR count). The van der Waals surface area contributed by atoms with Crippen molar-refractivity contribution in [2.24, 2.45) is 0 Å². The van der Waals surface area contributed by atoms with Crippen LogP contribution in [0.4, 0.5) is 0 Å². The first-order valence-electron chi connectivity index (χ1n) is 8.72. The van der Waals surface area contributed by atoms with Crippen LogP contribution in [-0.2, 0) is 12.8 Å². The predicted octanol–water partition coefficient (Wildman–Crippen LogP) is 5.57. The van der Waals surface area contributed by atoms with Gasteiger partial charge in [0.2, 0.25) is 0 Å². The summed E-state index contributed by atoms with van der Waals surface area (Å²) in [5, 5.41) is 10.9. The molecule has 1 nitrogen and oxygen atoms in total. The molecule has 0 saturated heterocycles. The van der Waals surface area contributed by atoms with Crippen LogP contribution in [0.2, 0.25) is 0 Å². The fourth-order valence-corrected chi connectivity index (χ4v) is 5.92. The number of aromatic hydroxyl groups is 1. The van der Waals surface area contributed by atoms with Crippen LogP contribution in [0.15, 0.2) is 11.0 Å². The van der Waals surface area contributed by atoms with Crippen molar-refractivity contribution in [2.45, 2.75) is 77.0 Å². The van der Waals surface area contributed by atoms with Gasteiger partial charge in [0.15, 0.2) is 0 Å². The Bertz CT molecular complexity index is 479. The van der Waals surface area contributed by atoms with Crippen LogP contribution in [0.25, 0.3) is 0 Å². The van der Waals surface area contributed by atoms with E-state index in [0.717, 1.165) is 6.42 Å². The van der Waals surface area contributed by atoms with E-state index in [1.54, 1.807) is 0 Å². The topological polar surface area (TPSA) is 20.2 Å². The lowest BCUT2D eigenvalue weighted by atomic mass is 9.84. The van der Waals surface area contributed by atoms with Gasteiger partial charge in [-0.2, -0.15) is 0 Å². The van der Waals surface area contributed by atoms with Crippen molar-refractivity contribution in [3.63, 3.8) is 0 Å². The molecule has 0 fully saturated rings. The van der Waals surface area contributed by atoms with Crippen LogP contribution in [0.1, 0.15) is 76.0 Å². The van der Waals surface area contributed by atoms with E-state index in [9.17, 15) is 5.11 Å². The molecule has 2 heteroatoms. The maximum Gasteiger partial charge on any atom is 0.131 e. The first-order chi connectivity index (χ1) is 10.1. The van der Waals surface area contributed by atoms with Crippen LogP contribution >= 0.6 is 10.9 Å². The summed E-state index contributed by atoms with van der Waals surface area (Å²) in [6.07, 6.45) is 7.50. The second kappa shape index (κ2) is 7.58. The Morgan fingerprint density at radius 2 is 1.90 bits per heavy atom. The molecule has 0 aromatic heterocycles. The molecule has 120 valence electrons. The molecule has 0 heterocycles. The van der Waals surface area contributed by atoms with Crippen LogP contribution in [0.5, 0.6) is 5.75 Å². The van der Waals surface area contributed by atoms with E-state index in [1.807, 2.05) is 0 Å². The molecule has 0 radical (unpaired) electrons. The summed E-state index contributed by atoms with van der Waals surface area (Å²) in [4.78, 5) is 1.30. The van der Waals surface area contributed by atoms with E-state index in [2.05, 4.69) is 33.8 Å². The van der Waals surface area contributed by atoms with Gasteiger partial charge in [-0.3, -0.25) is 0 Å². The number of unbranched alkanes of at least 4 members (excludes halogenated alkanes) is 1. The van der Waals surface area contributed by atoms with E-state index in [1.165, 1.54) is 65.2 Å². The summed E-state index contributed by atoms with van der Waals surface area (Å²) in [6, 6.07) is 2.38. The third kappa shape index (κ3) is 3.59. The highest BCUT2D eigenvalue weighted by Gasteiger charge is 2.23. The van der Waals surface area contributed by atoms with Crippen molar-refractivity contribution < 1.29 is 5.11 Å². The third-order valence-electron chi connectivity index (χ3n) is 4.73. The summed E-state index contributed by atoms with van der Waals surface area (Å²) in [5.41, 5.74) is 4.27. The molecule has 1 aromatic rings. The van der Waals surface area contributed by atoms with Gasteiger partial charge >= 0.3 is 0 Å². The molecule has 0 aliphatic heterocycles. The Morgan fingerprint density at radius 1 is 1.19 bits per heavy atom. The zero-order valence-corrected chi connectivity index (χ0v) is 15.1. The van der Waals surface area contributed by atoms with Gasteiger partial charge in [0.25, 0.3) is 0 Å².